The second-order valence-electron chi connectivity index (χ2n) is 5.37. The minimum atomic E-state index is -3.52. The van der Waals surface area contributed by atoms with Crippen LogP contribution in [0.2, 0.25) is 0 Å². The van der Waals surface area contributed by atoms with E-state index in [9.17, 15) is 13.2 Å². The minimum Gasteiger partial charge on any atom is -0.326 e. The highest BCUT2D eigenvalue weighted by Crippen LogP contribution is 2.34. The Labute approximate surface area is 118 Å². The number of carbonyl (C=O) groups is 1. The monoisotopic (exact) mass is 295 g/mol. The Bertz CT molecular complexity index is 671. The molecule has 1 aromatic rings. The lowest BCUT2D eigenvalue weighted by Crippen LogP contribution is -2.32. The van der Waals surface area contributed by atoms with Gasteiger partial charge in [0.25, 0.3) is 0 Å². The summed E-state index contributed by atoms with van der Waals surface area (Å²) in [5, 5.41) is 2.74. The van der Waals surface area contributed by atoms with Gasteiger partial charge in [-0.15, -0.1) is 0 Å². The molecule has 1 aromatic carbocycles. The van der Waals surface area contributed by atoms with Crippen molar-refractivity contribution >= 4 is 21.6 Å². The lowest BCUT2D eigenvalue weighted by molar-refractivity contribution is -0.116. The maximum atomic E-state index is 12.5. The van der Waals surface area contributed by atoms with Gasteiger partial charge in [-0.3, -0.25) is 4.79 Å². The number of anilines is 1. The summed E-state index contributed by atoms with van der Waals surface area (Å²) in [6.45, 7) is 2.57. The van der Waals surface area contributed by atoms with Crippen LogP contribution in [0, 0.1) is 0 Å². The number of nitrogens with zero attached hydrogens (tertiary/aromatic N) is 1. The molecule has 0 radical (unpaired) electrons. The molecular weight excluding hydrogens is 278 g/mol. The molecule has 2 aliphatic rings. The molecule has 3 N–H and O–H groups in total. The van der Waals surface area contributed by atoms with E-state index in [0.29, 0.717) is 25.2 Å². The molecule has 3 rings (SSSR count). The van der Waals surface area contributed by atoms with Crippen LogP contribution in [0.4, 0.5) is 5.69 Å². The third-order valence-electron chi connectivity index (χ3n) is 3.97. The van der Waals surface area contributed by atoms with E-state index in [1.54, 1.807) is 19.1 Å². The molecule has 7 heteroatoms. The minimum absolute atomic E-state index is 0.0960. The van der Waals surface area contributed by atoms with E-state index in [-0.39, 0.29) is 22.8 Å². The summed E-state index contributed by atoms with van der Waals surface area (Å²) < 4.78 is 26.5. The summed E-state index contributed by atoms with van der Waals surface area (Å²) in [5.74, 6) is -0.418. The van der Waals surface area contributed by atoms with E-state index < -0.39 is 10.0 Å². The van der Waals surface area contributed by atoms with Crippen LogP contribution in [0.3, 0.4) is 0 Å². The average Bonchev–Trinajstić information content (AvgIpc) is 2.95. The fourth-order valence-corrected chi connectivity index (χ4v) is 4.22. The molecule has 1 unspecified atom stereocenters. The van der Waals surface area contributed by atoms with Crippen molar-refractivity contribution in [3.8, 4) is 0 Å². The fraction of sp³-hybridized carbons (Fsp3) is 0.462. The van der Waals surface area contributed by atoms with Gasteiger partial charge in [0.15, 0.2) is 0 Å². The second-order valence-corrected chi connectivity index (χ2v) is 7.31. The zero-order valence-corrected chi connectivity index (χ0v) is 12.0. The van der Waals surface area contributed by atoms with Gasteiger partial charge in [-0.1, -0.05) is 0 Å². The SMILES string of the molecule is CC1C(=O)Nc2ccc(S(=O)(=O)N3CC[C@@H](N)C3)cc21. The van der Waals surface area contributed by atoms with Crippen molar-refractivity contribution < 1.29 is 13.2 Å². The molecule has 2 atom stereocenters. The van der Waals surface area contributed by atoms with Crippen LogP contribution < -0.4 is 11.1 Å². The lowest BCUT2D eigenvalue weighted by atomic mass is 10.0. The van der Waals surface area contributed by atoms with Crippen LogP contribution >= 0.6 is 0 Å². The number of nitrogens with one attached hydrogen (secondary N) is 1. The summed E-state index contributed by atoms with van der Waals surface area (Å²) >= 11 is 0. The first-order valence-corrected chi connectivity index (χ1v) is 8.04. The first-order chi connectivity index (χ1) is 9.39. The number of carbonyl (C=O) groups excluding carboxylic acids is 1. The molecule has 1 saturated heterocycles. The van der Waals surface area contributed by atoms with Crippen LogP contribution in [0.25, 0.3) is 0 Å². The van der Waals surface area contributed by atoms with Gasteiger partial charge in [-0.05, 0) is 37.1 Å². The fourth-order valence-electron chi connectivity index (χ4n) is 2.68. The molecule has 1 fully saturated rings. The normalized spacial score (nSPS) is 26.6. The van der Waals surface area contributed by atoms with Crippen LogP contribution in [0.15, 0.2) is 23.1 Å². The molecule has 1 amide bonds. The summed E-state index contributed by atoms with van der Waals surface area (Å²) in [6.07, 6.45) is 0.681. The van der Waals surface area contributed by atoms with E-state index in [0.717, 1.165) is 5.56 Å². The van der Waals surface area contributed by atoms with Gasteiger partial charge < -0.3 is 11.1 Å². The third-order valence-corrected chi connectivity index (χ3v) is 5.83. The largest absolute Gasteiger partial charge is 0.326 e. The Morgan fingerprint density at radius 1 is 1.40 bits per heavy atom. The van der Waals surface area contributed by atoms with Crippen molar-refractivity contribution in [2.45, 2.75) is 30.2 Å². The second kappa shape index (κ2) is 4.54. The quantitative estimate of drug-likeness (QED) is 0.829. The topological polar surface area (TPSA) is 92.5 Å². The predicted molar refractivity (Wildman–Crippen MR) is 74.8 cm³/mol. The zero-order valence-electron chi connectivity index (χ0n) is 11.2. The van der Waals surface area contributed by atoms with E-state index in [2.05, 4.69) is 5.32 Å². The smallest absolute Gasteiger partial charge is 0.243 e. The molecule has 0 bridgehead atoms. The number of amides is 1. The number of sulfonamides is 1. The standard InChI is InChI=1S/C13H17N3O3S/c1-8-11-6-10(2-3-12(11)15-13(8)17)20(18,19)16-5-4-9(14)7-16/h2-3,6,8-9H,4-5,7,14H2,1H3,(H,15,17)/t8?,9-/m1/s1. The third kappa shape index (κ3) is 2.02. The molecule has 2 heterocycles. The molecule has 0 aliphatic carbocycles. The highest BCUT2D eigenvalue weighted by Gasteiger charge is 2.33. The Kier molecular flexibility index (Phi) is 3.07. The molecule has 0 aromatic heterocycles. The molecule has 0 spiro atoms. The Morgan fingerprint density at radius 2 is 2.15 bits per heavy atom. The van der Waals surface area contributed by atoms with E-state index in [1.807, 2.05) is 0 Å². The maximum absolute atomic E-state index is 12.5. The molecule has 0 saturated carbocycles. The molecule has 2 aliphatic heterocycles. The number of rotatable bonds is 2. The number of nitrogens with two attached hydrogens (primary N) is 1. The number of hydrogen-bond donors (Lipinski definition) is 2. The zero-order chi connectivity index (χ0) is 14.5. The Hall–Kier alpha value is -1.44. The Balaban J connectivity index is 1.98. The summed E-state index contributed by atoms with van der Waals surface area (Å²) in [5.41, 5.74) is 7.20. The van der Waals surface area contributed by atoms with Gasteiger partial charge in [-0.25, -0.2) is 8.42 Å². The average molecular weight is 295 g/mol. The van der Waals surface area contributed by atoms with E-state index in [1.165, 1.54) is 10.4 Å². The number of fused-ring (bicyclic) bond motifs is 1. The van der Waals surface area contributed by atoms with Crippen LogP contribution in [0.5, 0.6) is 0 Å². The maximum Gasteiger partial charge on any atom is 0.243 e. The molecule has 6 nitrogen and oxygen atoms in total. The van der Waals surface area contributed by atoms with Gasteiger partial charge in [0, 0.05) is 24.8 Å². The van der Waals surface area contributed by atoms with Crippen LogP contribution in [0.1, 0.15) is 24.8 Å². The van der Waals surface area contributed by atoms with Crippen LogP contribution in [-0.2, 0) is 14.8 Å². The van der Waals surface area contributed by atoms with Gasteiger partial charge in [-0.2, -0.15) is 4.31 Å². The van der Waals surface area contributed by atoms with E-state index >= 15 is 0 Å². The lowest BCUT2D eigenvalue weighted by Gasteiger charge is -2.16. The highest BCUT2D eigenvalue weighted by molar-refractivity contribution is 7.89. The first-order valence-electron chi connectivity index (χ1n) is 6.60. The van der Waals surface area contributed by atoms with Crippen molar-refractivity contribution in [2.75, 3.05) is 18.4 Å². The van der Waals surface area contributed by atoms with Gasteiger partial charge in [0.05, 0.1) is 10.8 Å². The molecular formula is C13H17N3O3S. The van der Waals surface area contributed by atoms with Crippen molar-refractivity contribution in [3.63, 3.8) is 0 Å². The highest BCUT2D eigenvalue weighted by atomic mass is 32.2. The number of benzene rings is 1. The molecule has 108 valence electrons. The predicted octanol–water partition coefficient (Wildman–Crippen LogP) is 0.464. The van der Waals surface area contributed by atoms with Gasteiger partial charge >= 0.3 is 0 Å². The van der Waals surface area contributed by atoms with E-state index in [4.69, 9.17) is 5.73 Å². The summed E-state index contributed by atoms with van der Waals surface area (Å²) in [4.78, 5) is 11.8. The van der Waals surface area contributed by atoms with Crippen molar-refractivity contribution in [1.29, 1.82) is 0 Å². The molecule has 20 heavy (non-hydrogen) atoms. The summed E-state index contributed by atoms with van der Waals surface area (Å²) in [6, 6.07) is 4.69. The summed E-state index contributed by atoms with van der Waals surface area (Å²) in [7, 11) is -3.52. The van der Waals surface area contributed by atoms with Crippen molar-refractivity contribution in [1.82, 2.24) is 4.31 Å². The Morgan fingerprint density at radius 3 is 2.80 bits per heavy atom. The van der Waals surface area contributed by atoms with Crippen LogP contribution in [-0.4, -0.2) is 37.8 Å². The van der Waals surface area contributed by atoms with Gasteiger partial charge in [0.1, 0.15) is 0 Å². The number of hydrogen-bond acceptors (Lipinski definition) is 4. The van der Waals surface area contributed by atoms with Crippen molar-refractivity contribution in [3.05, 3.63) is 23.8 Å². The van der Waals surface area contributed by atoms with Gasteiger partial charge in [0.2, 0.25) is 15.9 Å². The first kappa shape index (κ1) is 13.5. The van der Waals surface area contributed by atoms with Crippen molar-refractivity contribution in [2.24, 2.45) is 5.73 Å².